The van der Waals surface area contributed by atoms with E-state index in [1.165, 1.54) is 0 Å². The van der Waals surface area contributed by atoms with E-state index in [4.69, 9.17) is 0 Å². The Morgan fingerprint density at radius 2 is 2.03 bits per heavy atom. The Kier molecular flexibility index (Phi) is 4.75. The molecule has 1 N–H and O–H groups in total. The van der Waals surface area contributed by atoms with Crippen LogP contribution in [0.2, 0.25) is 0 Å². The zero-order chi connectivity index (χ0) is 19.8. The Bertz CT molecular complexity index is 994. The molecule has 8 nitrogen and oxygen atoms in total. The predicted octanol–water partition coefficient (Wildman–Crippen LogP) is 2.00. The summed E-state index contributed by atoms with van der Waals surface area (Å²) < 4.78 is 16.9. The Balaban J connectivity index is 1.27. The van der Waals surface area contributed by atoms with Crippen LogP contribution in [0.25, 0.3) is 11.3 Å². The molecule has 5 rings (SSSR count). The molecule has 0 bridgehead atoms. The molecule has 1 atom stereocenters. The molecular weight excluding hydrogens is 373 g/mol. The normalized spacial score (nSPS) is 25.5. The molecule has 1 aliphatic heterocycles. The summed E-state index contributed by atoms with van der Waals surface area (Å²) >= 11 is 0. The van der Waals surface area contributed by atoms with Crippen LogP contribution in [0.15, 0.2) is 37.1 Å². The fourth-order valence-electron chi connectivity index (χ4n) is 4.50. The lowest BCUT2D eigenvalue weighted by Crippen LogP contribution is -2.43. The number of halogens is 1. The second-order valence-electron chi connectivity index (χ2n) is 7.93. The molecule has 152 valence electrons. The highest BCUT2D eigenvalue weighted by atomic mass is 19.1. The van der Waals surface area contributed by atoms with Crippen LogP contribution in [0.1, 0.15) is 42.7 Å². The first-order valence-corrected chi connectivity index (χ1v) is 10.2. The lowest BCUT2D eigenvalue weighted by molar-refractivity contribution is 0.0897. The van der Waals surface area contributed by atoms with E-state index in [0.29, 0.717) is 24.8 Å². The number of nitrogens with one attached hydrogen (secondary N) is 1. The van der Waals surface area contributed by atoms with Crippen LogP contribution in [0.3, 0.4) is 0 Å². The highest BCUT2D eigenvalue weighted by Gasteiger charge is 2.32. The van der Waals surface area contributed by atoms with Gasteiger partial charge in [0.1, 0.15) is 18.0 Å². The van der Waals surface area contributed by atoms with Gasteiger partial charge in [-0.2, -0.15) is 0 Å². The Morgan fingerprint density at radius 1 is 1.17 bits per heavy atom. The van der Waals surface area contributed by atoms with Crippen LogP contribution in [0.5, 0.6) is 0 Å². The predicted molar refractivity (Wildman–Crippen MR) is 105 cm³/mol. The van der Waals surface area contributed by atoms with Crippen molar-refractivity contribution >= 4 is 11.4 Å². The van der Waals surface area contributed by atoms with E-state index in [9.17, 15) is 9.18 Å². The second kappa shape index (κ2) is 7.55. The van der Waals surface area contributed by atoms with E-state index < -0.39 is 6.17 Å². The number of imidazole rings is 1. The van der Waals surface area contributed by atoms with Gasteiger partial charge in [-0.05, 0) is 44.2 Å². The van der Waals surface area contributed by atoms with Crippen molar-refractivity contribution in [1.29, 1.82) is 0 Å². The first kappa shape index (κ1) is 18.2. The van der Waals surface area contributed by atoms with Crippen molar-refractivity contribution in [2.45, 2.75) is 50.4 Å². The third-order valence-corrected chi connectivity index (χ3v) is 6.03. The van der Waals surface area contributed by atoms with Gasteiger partial charge in [-0.25, -0.2) is 18.9 Å². The molecule has 29 heavy (non-hydrogen) atoms. The van der Waals surface area contributed by atoms with Gasteiger partial charge >= 0.3 is 0 Å². The topological polar surface area (TPSA) is 80.4 Å². The van der Waals surface area contributed by atoms with Gasteiger partial charge in [0.05, 0.1) is 0 Å². The van der Waals surface area contributed by atoms with Crippen molar-refractivity contribution in [2.24, 2.45) is 0 Å². The van der Waals surface area contributed by atoms with E-state index in [1.807, 2.05) is 12.1 Å². The maximum Gasteiger partial charge on any atom is 0.291 e. The number of hydrogen-bond acceptors (Lipinski definition) is 5. The fraction of sp³-hybridized carbons (Fsp3) is 0.500. The van der Waals surface area contributed by atoms with Crippen LogP contribution < -0.4 is 5.32 Å². The van der Waals surface area contributed by atoms with Crippen molar-refractivity contribution < 1.29 is 9.18 Å². The van der Waals surface area contributed by atoms with Gasteiger partial charge in [0.25, 0.3) is 5.91 Å². The lowest BCUT2D eigenvalue weighted by Gasteiger charge is -2.34. The zero-order valence-corrected chi connectivity index (χ0v) is 16.1. The quantitative estimate of drug-likeness (QED) is 0.728. The highest BCUT2D eigenvalue weighted by molar-refractivity contribution is 5.91. The molecule has 1 aliphatic carbocycles. The van der Waals surface area contributed by atoms with E-state index in [-0.39, 0.29) is 17.8 Å². The molecular formula is C20H24FN7O. The molecule has 1 saturated heterocycles. The number of fused-ring (bicyclic) bond motifs is 1. The third-order valence-electron chi connectivity index (χ3n) is 6.03. The molecule has 4 heterocycles. The number of aromatic nitrogens is 5. The Morgan fingerprint density at radius 3 is 2.76 bits per heavy atom. The van der Waals surface area contributed by atoms with Gasteiger partial charge in [-0.1, -0.05) is 0 Å². The number of nitrogens with zero attached hydrogens (tertiary/aromatic N) is 6. The zero-order valence-electron chi connectivity index (χ0n) is 16.1. The van der Waals surface area contributed by atoms with Crippen molar-refractivity contribution in [2.75, 3.05) is 13.1 Å². The summed E-state index contributed by atoms with van der Waals surface area (Å²) in [4.78, 5) is 23.7. The number of hydrogen-bond donors (Lipinski definition) is 1. The molecule has 1 amide bonds. The molecule has 9 heteroatoms. The minimum Gasteiger partial charge on any atom is -0.347 e. The summed E-state index contributed by atoms with van der Waals surface area (Å²) in [7, 11) is 0. The maximum atomic E-state index is 13.5. The minimum atomic E-state index is -0.683. The Hall–Kier alpha value is -2.81. The molecule has 0 aromatic carbocycles. The number of rotatable bonds is 4. The van der Waals surface area contributed by atoms with Crippen molar-refractivity contribution in [1.82, 2.24) is 34.4 Å². The molecule has 2 aliphatic rings. The molecule has 0 unspecified atom stereocenters. The summed E-state index contributed by atoms with van der Waals surface area (Å²) in [5, 5.41) is 7.46. The molecule has 0 radical (unpaired) electrons. The van der Waals surface area contributed by atoms with Crippen LogP contribution >= 0.6 is 0 Å². The number of amides is 1. The molecule has 1 saturated carbocycles. The average Bonchev–Trinajstić information content (AvgIpc) is 3.49. The third kappa shape index (κ3) is 3.62. The monoisotopic (exact) mass is 397 g/mol. The Labute approximate surface area is 167 Å². The SMILES string of the molecule is O=C(NC1CCC(N2CC[C@@H](F)C2)CC1)c1nc(-n2ccnc2)c2cccn2n1. The number of carbonyl (C=O) groups is 1. The summed E-state index contributed by atoms with van der Waals surface area (Å²) in [6.07, 6.45) is 10.6. The number of alkyl halides is 1. The number of likely N-dealkylation sites (tertiary alicyclic amines) is 1. The lowest BCUT2D eigenvalue weighted by atomic mass is 9.90. The van der Waals surface area contributed by atoms with Gasteiger partial charge in [-0.15, -0.1) is 5.10 Å². The molecule has 2 fully saturated rings. The fourth-order valence-corrected chi connectivity index (χ4v) is 4.50. The minimum absolute atomic E-state index is 0.100. The van der Waals surface area contributed by atoms with E-state index >= 15 is 0 Å². The van der Waals surface area contributed by atoms with E-state index in [1.54, 1.807) is 34.0 Å². The van der Waals surface area contributed by atoms with E-state index in [2.05, 4.69) is 25.3 Å². The van der Waals surface area contributed by atoms with Gasteiger partial charge in [-0.3, -0.25) is 14.3 Å². The average molecular weight is 397 g/mol. The summed E-state index contributed by atoms with van der Waals surface area (Å²) in [6.45, 7) is 1.41. The van der Waals surface area contributed by atoms with Gasteiger partial charge in [0.15, 0.2) is 5.82 Å². The first-order chi connectivity index (χ1) is 14.2. The number of carbonyl (C=O) groups excluding carboxylic acids is 1. The molecule has 3 aromatic heterocycles. The summed E-state index contributed by atoms with van der Waals surface area (Å²) in [5.41, 5.74) is 0.803. The van der Waals surface area contributed by atoms with Crippen molar-refractivity contribution in [3.8, 4) is 5.82 Å². The first-order valence-electron chi connectivity index (χ1n) is 10.2. The van der Waals surface area contributed by atoms with Crippen molar-refractivity contribution in [3.63, 3.8) is 0 Å². The summed E-state index contributed by atoms with van der Waals surface area (Å²) in [6, 6.07) is 4.30. The smallest absolute Gasteiger partial charge is 0.291 e. The van der Waals surface area contributed by atoms with Gasteiger partial charge < -0.3 is 5.32 Å². The summed E-state index contributed by atoms with van der Waals surface area (Å²) in [5.74, 6) is 0.487. The maximum absolute atomic E-state index is 13.5. The van der Waals surface area contributed by atoms with Crippen LogP contribution in [0, 0.1) is 0 Å². The van der Waals surface area contributed by atoms with Crippen LogP contribution in [-0.2, 0) is 0 Å². The van der Waals surface area contributed by atoms with Gasteiger partial charge in [0, 0.05) is 43.8 Å². The van der Waals surface area contributed by atoms with Crippen LogP contribution in [0.4, 0.5) is 4.39 Å². The standard InChI is InChI=1S/C20H24FN7O/c21-14-7-10-26(12-14)16-5-3-15(4-6-16)23-20(29)18-24-19(27-11-8-22-13-27)17-2-1-9-28(17)25-18/h1-2,8-9,11,13-16H,3-7,10,12H2,(H,23,29)/t14-,15?,16?/m1/s1. The van der Waals surface area contributed by atoms with E-state index in [0.717, 1.165) is 37.7 Å². The van der Waals surface area contributed by atoms with Crippen molar-refractivity contribution in [3.05, 3.63) is 42.9 Å². The van der Waals surface area contributed by atoms with Crippen LogP contribution in [-0.4, -0.2) is 66.3 Å². The van der Waals surface area contributed by atoms with Gasteiger partial charge in [0.2, 0.25) is 5.82 Å². The molecule has 0 spiro atoms. The second-order valence-corrected chi connectivity index (χ2v) is 7.93. The highest BCUT2D eigenvalue weighted by Crippen LogP contribution is 2.27. The largest absolute Gasteiger partial charge is 0.347 e. The molecule has 3 aromatic rings.